The predicted molar refractivity (Wildman–Crippen MR) is 46.2 cm³/mol. The van der Waals surface area contributed by atoms with Gasteiger partial charge < -0.3 is 5.41 Å². The second kappa shape index (κ2) is 4.91. The van der Waals surface area contributed by atoms with Gasteiger partial charge in [-0.1, -0.05) is 19.1 Å². The van der Waals surface area contributed by atoms with Crippen molar-refractivity contribution in [2.45, 2.75) is 20.3 Å². The molecule has 0 amide bonds. The third-order valence-corrected chi connectivity index (χ3v) is 1.10. The zero-order valence-corrected chi connectivity index (χ0v) is 6.65. The first-order valence-electron chi connectivity index (χ1n) is 3.38. The summed E-state index contributed by atoms with van der Waals surface area (Å²) in [6, 6.07) is 0. The van der Waals surface area contributed by atoms with E-state index in [1.54, 1.807) is 13.1 Å². The van der Waals surface area contributed by atoms with Crippen molar-refractivity contribution in [3.05, 3.63) is 12.2 Å². The van der Waals surface area contributed by atoms with Crippen LogP contribution in [0.3, 0.4) is 0 Å². The van der Waals surface area contributed by atoms with E-state index in [1.165, 1.54) is 0 Å². The van der Waals surface area contributed by atoms with Gasteiger partial charge in [0.1, 0.15) is 0 Å². The summed E-state index contributed by atoms with van der Waals surface area (Å²) in [4.78, 5) is 3.99. The summed E-state index contributed by atoms with van der Waals surface area (Å²) in [5.74, 6) is 0. The van der Waals surface area contributed by atoms with Crippen LogP contribution in [-0.4, -0.2) is 18.5 Å². The molecule has 56 valence electrons. The highest BCUT2D eigenvalue weighted by atomic mass is 14.7. The average molecular weight is 138 g/mol. The molecule has 0 aliphatic rings. The minimum atomic E-state index is 0.490. The van der Waals surface area contributed by atoms with E-state index in [2.05, 4.69) is 18.5 Å². The van der Waals surface area contributed by atoms with Crippen molar-refractivity contribution in [3.8, 4) is 0 Å². The van der Waals surface area contributed by atoms with Gasteiger partial charge in [0.2, 0.25) is 0 Å². The lowest BCUT2D eigenvalue weighted by Gasteiger charge is -1.93. The summed E-state index contributed by atoms with van der Waals surface area (Å²) in [6.07, 6.45) is 2.52. The molecule has 0 heterocycles. The van der Waals surface area contributed by atoms with Crippen molar-refractivity contribution in [2.75, 3.05) is 6.54 Å². The van der Waals surface area contributed by atoms with Gasteiger partial charge in [0, 0.05) is 11.9 Å². The maximum absolute atomic E-state index is 7.02. The van der Waals surface area contributed by atoms with Crippen molar-refractivity contribution in [3.63, 3.8) is 0 Å². The summed E-state index contributed by atoms with van der Waals surface area (Å²) in [6.45, 7) is 8.20. The first kappa shape index (κ1) is 9.08. The first-order valence-corrected chi connectivity index (χ1v) is 3.38. The van der Waals surface area contributed by atoms with E-state index in [1.807, 2.05) is 0 Å². The Bertz CT molecular complexity index is 157. The molecule has 0 aromatic carbocycles. The lowest BCUT2D eigenvalue weighted by Crippen LogP contribution is -1.91. The fourth-order valence-corrected chi connectivity index (χ4v) is 0.423. The SMILES string of the molecule is C=C(CC)C/N=C\C(C)=N. The molecule has 0 spiro atoms. The molecule has 10 heavy (non-hydrogen) atoms. The Hall–Kier alpha value is -0.920. The minimum absolute atomic E-state index is 0.490. The summed E-state index contributed by atoms with van der Waals surface area (Å²) >= 11 is 0. The Labute approximate surface area is 62.2 Å². The minimum Gasteiger partial charge on any atom is -0.304 e. The van der Waals surface area contributed by atoms with Crippen LogP contribution < -0.4 is 0 Å². The van der Waals surface area contributed by atoms with Crippen molar-refractivity contribution in [1.29, 1.82) is 5.41 Å². The van der Waals surface area contributed by atoms with Gasteiger partial charge in [0.05, 0.1) is 6.54 Å². The number of hydrogen-bond acceptors (Lipinski definition) is 2. The second-order valence-electron chi connectivity index (χ2n) is 2.26. The quantitative estimate of drug-likeness (QED) is 0.456. The first-order chi connectivity index (χ1) is 4.66. The summed E-state index contributed by atoms with van der Waals surface area (Å²) < 4.78 is 0. The van der Waals surface area contributed by atoms with E-state index in [0.717, 1.165) is 12.0 Å². The highest BCUT2D eigenvalue weighted by molar-refractivity contribution is 6.27. The maximum Gasteiger partial charge on any atom is 0.0597 e. The second-order valence-corrected chi connectivity index (χ2v) is 2.26. The van der Waals surface area contributed by atoms with Crippen molar-refractivity contribution < 1.29 is 0 Å². The Morgan fingerprint density at radius 1 is 1.70 bits per heavy atom. The monoisotopic (exact) mass is 138 g/mol. The smallest absolute Gasteiger partial charge is 0.0597 e. The van der Waals surface area contributed by atoms with Gasteiger partial charge in [-0.15, -0.1) is 0 Å². The fourth-order valence-electron chi connectivity index (χ4n) is 0.423. The number of rotatable bonds is 4. The predicted octanol–water partition coefficient (Wildman–Crippen LogP) is 2.06. The van der Waals surface area contributed by atoms with E-state index in [9.17, 15) is 0 Å². The normalized spacial score (nSPS) is 10.2. The van der Waals surface area contributed by atoms with Crippen LogP contribution >= 0.6 is 0 Å². The zero-order chi connectivity index (χ0) is 7.98. The molecule has 2 heteroatoms. The highest BCUT2D eigenvalue weighted by Gasteiger charge is 1.84. The Morgan fingerprint density at radius 2 is 2.30 bits per heavy atom. The number of hydrogen-bond donors (Lipinski definition) is 1. The molecule has 0 bridgehead atoms. The molecular weight excluding hydrogens is 124 g/mol. The van der Waals surface area contributed by atoms with E-state index in [4.69, 9.17) is 5.41 Å². The van der Waals surface area contributed by atoms with Crippen LogP contribution in [0.2, 0.25) is 0 Å². The van der Waals surface area contributed by atoms with Crippen molar-refractivity contribution in [2.24, 2.45) is 4.99 Å². The third-order valence-electron chi connectivity index (χ3n) is 1.10. The van der Waals surface area contributed by atoms with Crippen LogP contribution in [-0.2, 0) is 0 Å². The molecule has 0 aromatic heterocycles. The Balaban J connectivity index is 3.53. The van der Waals surface area contributed by atoms with Gasteiger partial charge in [-0.3, -0.25) is 4.99 Å². The molecule has 1 N–H and O–H groups in total. The molecule has 0 atom stereocenters. The van der Waals surface area contributed by atoms with E-state index < -0.39 is 0 Å². The molecule has 0 aromatic rings. The number of nitrogens with zero attached hydrogens (tertiary/aromatic N) is 1. The number of nitrogens with one attached hydrogen (secondary N) is 1. The number of aliphatic imine (C=N–C) groups is 1. The van der Waals surface area contributed by atoms with Gasteiger partial charge in [-0.25, -0.2) is 0 Å². The summed E-state index contributed by atoms with van der Waals surface area (Å²) in [7, 11) is 0. The fraction of sp³-hybridized carbons (Fsp3) is 0.500. The van der Waals surface area contributed by atoms with Gasteiger partial charge in [-0.05, 0) is 13.3 Å². The highest BCUT2D eigenvalue weighted by Crippen LogP contribution is 1.94. The molecule has 2 nitrogen and oxygen atoms in total. The van der Waals surface area contributed by atoms with Gasteiger partial charge >= 0.3 is 0 Å². The molecule has 0 saturated heterocycles. The van der Waals surface area contributed by atoms with Crippen LogP contribution in [0.1, 0.15) is 20.3 Å². The van der Waals surface area contributed by atoms with Crippen LogP contribution in [0.15, 0.2) is 17.1 Å². The van der Waals surface area contributed by atoms with Gasteiger partial charge in [-0.2, -0.15) is 0 Å². The Morgan fingerprint density at radius 3 is 2.70 bits per heavy atom. The standard InChI is InChI=1S/C8H14N2/c1-4-7(2)5-10-6-8(3)9/h6,9H,2,4-5H2,1,3H3/b9-8?,10-6-. The van der Waals surface area contributed by atoms with Crippen molar-refractivity contribution >= 4 is 11.9 Å². The topological polar surface area (TPSA) is 36.2 Å². The lowest BCUT2D eigenvalue weighted by molar-refractivity contribution is 1.02. The molecule has 0 fully saturated rings. The molecule has 0 radical (unpaired) electrons. The van der Waals surface area contributed by atoms with Gasteiger partial charge in [0.25, 0.3) is 0 Å². The molecule has 0 aliphatic carbocycles. The van der Waals surface area contributed by atoms with E-state index in [-0.39, 0.29) is 0 Å². The van der Waals surface area contributed by atoms with E-state index >= 15 is 0 Å². The maximum atomic E-state index is 7.02. The molecule has 0 saturated carbocycles. The molecule has 0 rings (SSSR count). The van der Waals surface area contributed by atoms with Crippen LogP contribution in [0.4, 0.5) is 0 Å². The molecule has 0 aliphatic heterocycles. The van der Waals surface area contributed by atoms with Crippen molar-refractivity contribution in [1.82, 2.24) is 0 Å². The Kier molecular flexibility index (Phi) is 4.46. The van der Waals surface area contributed by atoms with Crippen LogP contribution in [0, 0.1) is 5.41 Å². The van der Waals surface area contributed by atoms with Crippen LogP contribution in [0.25, 0.3) is 0 Å². The average Bonchev–Trinajstić information content (AvgIpc) is 1.87. The largest absolute Gasteiger partial charge is 0.304 e. The molecule has 0 unspecified atom stereocenters. The molecular formula is C8H14N2. The van der Waals surface area contributed by atoms with E-state index in [0.29, 0.717) is 12.3 Å². The lowest BCUT2D eigenvalue weighted by atomic mass is 10.2. The summed E-state index contributed by atoms with van der Waals surface area (Å²) in [5.41, 5.74) is 1.60. The van der Waals surface area contributed by atoms with Crippen LogP contribution in [0.5, 0.6) is 0 Å². The zero-order valence-electron chi connectivity index (χ0n) is 6.65. The summed E-state index contributed by atoms with van der Waals surface area (Å²) in [5, 5.41) is 7.02. The van der Waals surface area contributed by atoms with Gasteiger partial charge in [0.15, 0.2) is 0 Å². The third kappa shape index (κ3) is 5.22.